The molecule has 2 nitrogen and oxygen atoms in total. The monoisotopic (exact) mass is 268 g/mol. The first-order chi connectivity index (χ1) is 9.75. The van der Waals surface area contributed by atoms with Crippen molar-refractivity contribution in [1.82, 2.24) is 9.88 Å². The van der Waals surface area contributed by atoms with Gasteiger partial charge in [0, 0.05) is 41.4 Å². The molecule has 1 heterocycles. The predicted molar refractivity (Wildman–Crippen MR) is 86.6 cm³/mol. The van der Waals surface area contributed by atoms with E-state index in [2.05, 4.69) is 54.0 Å². The standard InChI is InChI=1S/C18H24N2/c1-14(19-15-9-5-3-4-6-10-15)17-13-20(2)18-12-8-7-11-16(17)18/h7-8,11-13,15,19H,1,3-6,9-10H2,2H3. The van der Waals surface area contributed by atoms with Crippen LogP contribution in [0.15, 0.2) is 37.0 Å². The van der Waals surface area contributed by atoms with Crippen molar-refractivity contribution in [2.24, 2.45) is 7.05 Å². The van der Waals surface area contributed by atoms with Crippen LogP contribution in [0.25, 0.3) is 16.6 Å². The van der Waals surface area contributed by atoms with Gasteiger partial charge in [-0.05, 0) is 18.9 Å². The van der Waals surface area contributed by atoms with Crippen molar-refractivity contribution < 1.29 is 0 Å². The Balaban J connectivity index is 1.81. The maximum atomic E-state index is 4.29. The summed E-state index contributed by atoms with van der Waals surface area (Å²) < 4.78 is 2.19. The number of hydrogen-bond donors (Lipinski definition) is 1. The van der Waals surface area contributed by atoms with Crippen molar-refractivity contribution in [1.29, 1.82) is 0 Å². The van der Waals surface area contributed by atoms with Crippen LogP contribution >= 0.6 is 0 Å². The fourth-order valence-electron chi connectivity index (χ4n) is 3.33. The molecule has 0 unspecified atom stereocenters. The first kappa shape index (κ1) is 13.3. The molecule has 1 aromatic heterocycles. The van der Waals surface area contributed by atoms with Gasteiger partial charge in [-0.1, -0.05) is 50.5 Å². The zero-order valence-corrected chi connectivity index (χ0v) is 12.4. The van der Waals surface area contributed by atoms with Gasteiger partial charge < -0.3 is 9.88 Å². The van der Waals surface area contributed by atoms with E-state index in [0.717, 1.165) is 5.70 Å². The summed E-state index contributed by atoms with van der Waals surface area (Å²) >= 11 is 0. The summed E-state index contributed by atoms with van der Waals surface area (Å²) in [6, 6.07) is 9.14. The molecule has 2 aromatic rings. The normalized spacial score (nSPS) is 17.1. The number of nitrogens with zero attached hydrogens (tertiary/aromatic N) is 1. The minimum absolute atomic E-state index is 0.601. The average Bonchev–Trinajstić information content (AvgIpc) is 2.64. The third-order valence-corrected chi connectivity index (χ3v) is 4.46. The highest BCUT2D eigenvalue weighted by atomic mass is 15.0. The molecule has 1 aliphatic rings. The molecule has 106 valence electrons. The lowest BCUT2D eigenvalue weighted by Gasteiger charge is -2.19. The Bertz CT molecular complexity index is 601. The van der Waals surface area contributed by atoms with Crippen LogP contribution < -0.4 is 5.32 Å². The van der Waals surface area contributed by atoms with Gasteiger partial charge in [-0.25, -0.2) is 0 Å². The molecule has 0 spiro atoms. The number of hydrogen-bond acceptors (Lipinski definition) is 1. The van der Waals surface area contributed by atoms with E-state index in [0.29, 0.717) is 6.04 Å². The lowest BCUT2D eigenvalue weighted by atomic mass is 10.1. The molecule has 0 atom stereocenters. The maximum absolute atomic E-state index is 4.29. The fourth-order valence-corrected chi connectivity index (χ4v) is 3.33. The van der Waals surface area contributed by atoms with Crippen LogP contribution in [0, 0.1) is 0 Å². The zero-order valence-electron chi connectivity index (χ0n) is 12.4. The van der Waals surface area contributed by atoms with Gasteiger partial charge in [0.25, 0.3) is 0 Å². The van der Waals surface area contributed by atoms with Gasteiger partial charge in [-0.3, -0.25) is 0 Å². The number of para-hydroxylation sites is 1. The molecule has 3 rings (SSSR count). The molecule has 1 N–H and O–H groups in total. The van der Waals surface area contributed by atoms with Crippen LogP contribution in [-0.4, -0.2) is 10.6 Å². The maximum Gasteiger partial charge on any atom is 0.0484 e. The minimum atomic E-state index is 0.601. The second kappa shape index (κ2) is 5.74. The van der Waals surface area contributed by atoms with Gasteiger partial charge in [0.05, 0.1) is 0 Å². The van der Waals surface area contributed by atoms with E-state index >= 15 is 0 Å². The van der Waals surface area contributed by atoms with E-state index in [1.54, 1.807) is 0 Å². The minimum Gasteiger partial charge on any atom is -0.382 e. The molecule has 0 saturated heterocycles. The quantitative estimate of drug-likeness (QED) is 0.813. The summed E-state index contributed by atoms with van der Waals surface area (Å²) in [7, 11) is 2.10. The van der Waals surface area contributed by atoms with E-state index in [1.165, 1.54) is 55.0 Å². The average molecular weight is 268 g/mol. The summed E-state index contributed by atoms with van der Waals surface area (Å²) in [6.07, 6.45) is 10.2. The third kappa shape index (κ3) is 2.60. The van der Waals surface area contributed by atoms with Crippen LogP contribution in [0.2, 0.25) is 0 Å². The SMILES string of the molecule is C=C(NC1CCCCCC1)c1cn(C)c2ccccc12. The van der Waals surface area contributed by atoms with Crippen LogP contribution in [-0.2, 0) is 7.05 Å². The van der Waals surface area contributed by atoms with E-state index in [-0.39, 0.29) is 0 Å². The van der Waals surface area contributed by atoms with Crippen molar-refractivity contribution in [2.75, 3.05) is 0 Å². The summed E-state index contributed by atoms with van der Waals surface area (Å²) in [5.41, 5.74) is 3.59. The largest absolute Gasteiger partial charge is 0.382 e. The molecule has 1 aliphatic carbocycles. The van der Waals surface area contributed by atoms with Crippen molar-refractivity contribution in [3.05, 3.63) is 42.6 Å². The summed E-state index contributed by atoms with van der Waals surface area (Å²) in [4.78, 5) is 0. The van der Waals surface area contributed by atoms with E-state index in [1.807, 2.05) is 0 Å². The van der Waals surface area contributed by atoms with Gasteiger partial charge in [-0.2, -0.15) is 0 Å². The molecule has 20 heavy (non-hydrogen) atoms. The number of benzene rings is 1. The first-order valence-corrected chi connectivity index (χ1v) is 7.75. The summed E-state index contributed by atoms with van der Waals surface area (Å²) in [5.74, 6) is 0. The Labute approximate surface area is 121 Å². The van der Waals surface area contributed by atoms with E-state index in [9.17, 15) is 0 Å². The Hall–Kier alpha value is -1.70. The van der Waals surface area contributed by atoms with E-state index < -0.39 is 0 Å². The molecular weight excluding hydrogens is 244 g/mol. The Kier molecular flexibility index (Phi) is 3.81. The molecule has 0 bridgehead atoms. The van der Waals surface area contributed by atoms with Gasteiger partial charge in [0.2, 0.25) is 0 Å². The van der Waals surface area contributed by atoms with Crippen LogP contribution in [0.3, 0.4) is 0 Å². The number of nitrogens with one attached hydrogen (secondary N) is 1. The fraction of sp³-hybridized carbons (Fsp3) is 0.444. The van der Waals surface area contributed by atoms with Crippen molar-refractivity contribution in [3.8, 4) is 0 Å². The van der Waals surface area contributed by atoms with Crippen molar-refractivity contribution >= 4 is 16.6 Å². The highest BCUT2D eigenvalue weighted by molar-refractivity contribution is 5.92. The predicted octanol–water partition coefficient (Wildman–Crippen LogP) is 4.46. The second-order valence-electron chi connectivity index (χ2n) is 5.98. The Morgan fingerprint density at radius 1 is 1.15 bits per heavy atom. The summed E-state index contributed by atoms with van der Waals surface area (Å²) in [6.45, 7) is 4.29. The number of fused-ring (bicyclic) bond motifs is 1. The van der Waals surface area contributed by atoms with Gasteiger partial charge in [0.1, 0.15) is 0 Å². The zero-order chi connectivity index (χ0) is 13.9. The molecule has 1 aromatic carbocycles. The van der Waals surface area contributed by atoms with E-state index in [4.69, 9.17) is 0 Å². The lowest BCUT2D eigenvalue weighted by molar-refractivity contribution is 0.525. The molecule has 2 heteroatoms. The lowest BCUT2D eigenvalue weighted by Crippen LogP contribution is -2.26. The van der Waals surface area contributed by atoms with Crippen LogP contribution in [0.1, 0.15) is 44.1 Å². The van der Waals surface area contributed by atoms with Gasteiger partial charge >= 0.3 is 0 Å². The highest BCUT2D eigenvalue weighted by Crippen LogP contribution is 2.26. The molecule has 0 amide bonds. The molecule has 0 aliphatic heterocycles. The first-order valence-electron chi connectivity index (χ1n) is 7.75. The second-order valence-corrected chi connectivity index (χ2v) is 5.98. The highest BCUT2D eigenvalue weighted by Gasteiger charge is 2.15. The molecule has 0 radical (unpaired) electrons. The Morgan fingerprint density at radius 2 is 1.85 bits per heavy atom. The van der Waals surface area contributed by atoms with Crippen molar-refractivity contribution in [3.63, 3.8) is 0 Å². The summed E-state index contributed by atoms with van der Waals surface area (Å²) in [5, 5.41) is 4.97. The van der Waals surface area contributed by atoms with Gasteiger partial charge in [0.15, 0.2) is 0 Å². The molecule has 1 saturated carbocycles. The molecule has 1 fully saturated rings. The number of aryl methyl sites for hydroxylation is 1. The Morgan fingerprint density at radius 3 is 2.60 bits per heavy atom. The van der Waals surface area contributed by atoms with Gasteiger partial charge in [-0.15, -0.1) is 0 Å². The topological polar surface area (TPSA) is 17.0 Å². The number of aromatic nitrogens is 1. The van der Waals surface area contributed by atoms with Crippen LogP contribution in [0.4, 0.5) is 0 Å². The van der Waals surface area contributed by atoms with Crippen molar-refractivity contribution in [2.45, 2.75) is 44.6 Å². The smallest absolute Gasteiger partial charge is 0.0484 e. The molecular formula is C18H24N2. The van der Waals surface area contributed by atoms with Crippen LogP contribution in [0.5, 0.6) is 0 Å². The number of rotatable bonds is 3. The third-order valence-electron chi connectivity index (χ3n) is 4.46.